The van der Waals surface area contributed by atoms with Crippen molar-refractivity contribution in [1.82, 2.24) is 0 Å². The van der Waals surface area contributed by atoms with Crippen molar-refractivity contribution in [1.29, 1.82) is 0 Å². The zero-order valence-corrected chi connectivity index (χ0v) is 10.3. The van der Waals surface area contributed by atoms with Gasteiger partial charge >= 0.3 is 5.97 Å². The van der Waals surface area contributed by atoms with Gasteiger partial charge in [0.2, 0.25) is 0 Å². The zero-order chi connectivity index (χ0) is 13.0. The molecule has 0 saturated carbocycles. The summed E-state index contributed by atoms with van der Waals surface area (Å²) < 4.78 is 15.7. The van der Waals surface area contributed by atoms with Gasteiger partial charge in [-0.05, 0) is 18.2 Å². The molecular formula is C13H17NO4. The fourth-order valence-corrected chi connectivity index (χ4v) is 1.88. The summed E-state index contributed by atoms with van der Waals surface area (Å²) >= 11 is 0. The molecule has 1 saturated heterocycles. The Bertz CT molecular complexity index is 427. The number of rotatable bonds is 3. The second kappa shape index (κ2) is 5.73. The molecule has 1 fully saturated rings. The minimum Gasteiger partial charge on any atom is -0.490 e. The maximum absolute atomic E-state index is 11.5. The average molecular weight is 251 g/mol. The van der Waals surface area contributed by atoms with E-state index >= 15 is 0 Å². The molecule has 1 heterocycles. The van der Waals surface area contributed by atoms with Gasteiger partial charge in [-0.1, -0.05) is 0 Å². The van der Waals surface area contributed by atoms with Crippen molar-refractivity contribution < 1.29 is 19.0 Å². The third-order valence-electron chi connectivity index (χ3n) is 2.90. The Kier molecular flexibility index (Phi) is 4.04. The second-order valence-corrected chi connectivity index (χ2v) is 4.17. The van der Waals surface area contributed by atoms with Crippen molar-refractivity contribution in [2.75, 3.05) is 26.1 Å². The highest BCUT2D eigenvalue weighted by Crippen LogP contribution is 2.23. The van der Waals surface area contributed by atoms with Crippen LogP contribution in [0, 0.1) is 0 Å². The quantitative estimate of drug-likeness (QED) is 0.653. The van der Waals surface area contributed by atoms with Crippen molar-refractivity contribution in [3.63, 3.8) is 0 Å². The molecule has 1 aliphatic rings. The van der Waals surface area contributed by atoms with Crippen molar-refractivity contribution in [2.24, 2.45) is 0 Å². The van der Waals surface area contributed by atoms with E-state index < -0.39 is 5.97 Å². The van der Waals surface area contributed by atoms with E-state index in [1.165, 1.54) is 7.11 Å². The molecule has 18 heavy (non-hydrogen) atoms. The topological polar surface area (TPSA) is 70.8 Å². The number of nitrogen functional groups attached to an aromatic ring is 1. The Labute approximate surface area is 106 Å². The molecular weight excluding hydrogens is 234 g/mol. The third-order valence-corrected chi connectivity index (χ3v) is 2.90. The summed E-state index contributed by atoms with van der Waals surface area (Å²) in [6.45, 7) is 1.42. The molecule has 1 aromatic rings. The summed E-state index contributed by atoms with van der Waals surface area (Å²) in [5, 5.41) is 0. The van der Waals surface area contributed by atoms with Gasteiger partial charge in [0.05, 0.1) is 25.9 Å². The van der Waals surface area contributed by atoms with Crippen molar-refractivity contribution in [3.05, 3.63) is 23.8 Å². The van der Waals surface area contributed by atoms with Crippen LogP contribution in [-0.4, -0.2) is 32.4 Å². The SMILES string of the molecule is COC(=O)c1cc(OC2CCOCC2)ccc1N. The first-order valence-corrected chi connectivity index (χ1v) is 5.93. The highest BCUT2D eigenvalue weighted by Gasteiger charge is 2.17. The molecule has 0 atom stereocenters. The number of esters is 1. The minimum absolute atomic E-state index is 0.132. The average Bonchev–Trinajstić information content (AvgIpc) is 2.41. The van der Waals surface area contributed by atoms with Gasteiger partial charge in [0.1, 0.15) is 11.9 Å². The lowest BCUT2D eigenvalue weighted by Crippen LogP contribution is -2.26. The van der Waals surface area contributed by atoms with E-state index in [4.69, 9.17) is 15.2 Å². The zero-order valence-electron chi connectivity index (χ0n) is 10.3. The van der Waals surface area contributed by atoms with Crippen LogP contribution in [-0.2, 0) is 9.47 Å². The maximum Gasteiger partial charge on any atom is 0.340 e. The van der Waals surface area contributed by atoms with Crippen molar-refractivity contribution >= 4 is 11.7 Å². The molecule has 2 rings (SSSR count). The molecule has 0 radical (unpaired) electrons. The molecule has 5 nitrogen and oxygen atoms in total. The smallest absolute Gasteiger partial charge is 0.340 e. The molecule has 5 heteroatoms. The van der Waals surface area contributed by atoms with Crippen molar-refractivity contribution in [3.8, 4) is 5.75 Å². The molecule has 0 amide bonds. The third kappa shape index (κ3) is 2.92. The van der Waals surface area contributed by atoms with Crippen LogP contribution in [0.15, 0.2) is 18.2 Å². The van der Waals surface area contributed by atoms with E-state index in [0.29, 0.717) is 30.2 Å². The van der Waals surface area contributed by atoms with Gasteiger partial charge < -0.3 is 19.9 Å². The van der Waals surface area contributed by atoms with E-state index in [1.807, 2.05) is 0 Å². The number of methoxy groups -OCH3 is 1. The molecule has 98 valence electrons. The molecule has 0 aliphatic carbocycles. The van der Waals surface area contributed by atoms with Crippen LogP contribution in [0.5, 0.6) is 5.75 Å². The van der Waals surface area contributed by atoms with E-state index in [-0.39, 0.29) is 6.10 Å². The predicted octanol–water partition coefficient (Wildman–Crippen LogP) is 1.61. The highest BCUT2D eigenvalue weighted by molar-refractivity contribution is 5.95. The Balaban J connectivity index is 2.11. The fraction of sp³-hybridized carbons (Fsp3) is 0.462. The fourth-order valence-electron chi connectivity index (χ4n) is 1.88. The van der Waals surface area contributed by atoms with Crippen molar-refractivity contribution in [2.45, 2.75) is 18.9 Å². The van der Waals surface area contributed by atoms with Crippen LogP contribution < -0.4 is 10.5 Å². The first-order chi connectivity index (χ1) is 8.70. The standard InChI is InChI=1S/C13H17NO4/c1-16-13(15)11-8-10(2-3-12(11)14)18-9-4-6-17-7-5-9/h2-3,8-9H,4-7,14H2,1H3. The summed E-state index contributed by atoms with van der Waals surface area (Å²) in [5.41, 5.74) is 6.45. The van der Waals surface area contributed by atoms with Crippen LogP contribution in [0.2, 0.25) is 0 Å². The lowest BCUT2D eigenvalue weighted by atomic mass is 10.1. The Morgan fingerprint density at radius 2 is 2.11 bits per heavy atom. The number of carbonyl (C=O) groups excluding carboxylic acids is 1. The molecule has 0 aromatic heterocycles. The van der Waals surface area contributed by atoms with E-state index in [0.717, 1.165) is 12.8 Å². The van der Waals surface area contributed by atoms with Gasteiger partial charge in [-0.25, -0.2) is 4.79 Å². The van der Waals surface area contributed by atoms with Gasteiger partial charge in [-0.2, -0.15) is 0 Å². The number of carbonyl (C=O) groups is 1. The van der Waals surface area contributed by atoms with Gasteiger partial charge in [0.25, 0.3) is 0 Å². The molecule has 0 spiro atoms. The van der Waals surface area contributed by atoms with E-state index in [2.05, 4.69) is 4.74 Å². The van der Waals surface area contributed by atoms with Gasteiger partial charge in [0.15, 0.2) is 0 Å². The predicted molar refractivity (Wildman–Crippen MR) is 66.7 cm³/mol. The lowest BCUT2D eigenvalue weighted by Gasteiger charge is -2.23. The lowest BCUT2D eigenvalue weighted by molar-refractivity contribution is 0.0254. The van der Waals surface area contributed by atoms with Gasteiger partial charge in [-0.15, -0.1) is 0 Å². The Hall–Kier alpha value is -1.75. The van der Waals surface area contributed by atoms with E-state index in [1.54, 1.807) is 18.2 Å². The summed E-state index contributed by atoms with van der Waals surface area (Å²) in [6, 6.07) is 5.04. The summed E-state index contributed by atoms with van der Waals surface area (Å²) in [7, 11) is 1.33. The summed E-state index contributed by atoms with van der Waals surface area (Å²) in [6.07, 6.45) is 1.85. The molecule has 1 aromatic carbocycles. The van der Waals surface area contributed by atoms with Crippen LogP contribution in [0.3, 0.4) is 0 Å². The number of anilines is 1. The molecule has 0 unspecified atom stereocenters. The number of nitrogens with two attached hydrogens (primary N) is 1. The van der Waals surface area contributed by atoms with Gasteiger partial charge in [0, 0.05) is 18.5 Å². The van der Waals surface area contributed by atoms with Gasteiger partial charge in [-0.3, -0.25) is 0 Å². The molecule has 2 N–H and O–H groups in total. The maximum atomic E-state index is 11.5. The van der Waals surface area contributed by atoms with Crippen LogP contribution >= 0.6 is 0 Å². The van der Waals surface area contributed by atoms with Crippen LogP contribution in [0.1, 0.15) is 23.2 Å². The Morgan fingerprint density at radius 3 is 2.78 bits per heavy atom. The summed E-state index contributed by atoms with van der Waals surface area (Å²) in [4.78, 5) is 11.5. The second-order valence-electron chi connectivity index (χ2n) is 4.17. The normalized spacial score (nSPS) is 16.3. The number of hydrogen-bond donors (Lipinski definition) is 1. The Morgan fingerprint density at radius 1 is 1.39 bits per heavy atom. The number of ether oxygens (including phenoxy) is 3. The first-order valence-electron chi connectivity index (χ1n) is 5.93. The molecule has 1 aliphatic heterocycles. The molecule has 0 bridgehead atoms. The highest BCUT2D eigenvalue weighted by atomic mass is 16.5. The summed E-state index contributed by atoms with van der Waals surface area (Å²) in [5.74, 6) is 0.182. The van der Waals surface area contributed by atoms with E-state index in [9.17, 15) is 4.79 Å². The minimum atomic E-state index is -0.454. The number of hydrogen-bond acceptors (Lipinski definition) is 5. The monoisotopic (exact) mass is 251 g/mol. The van der Waals surface area contributed by atoms with Crippen LogP contribution in [0.25, 0.3) is 0 Å². The number of benzene rings is 1. The van der Waals surface area contributed by atoms with Crippen LogP contribution in [0.4, 0.5) is 5.69 Å². The first kappa shape index (κ1) is 12.7. The largest absolute Gasteiger partial charge is 0.490 e.